The van der Waals surface area contributed by atoms with E-state index in [1.807, 2.05) is 45.0 Å². The smallest absolute Gasteiger partial charge is 0.154 e. The van der Waals surface area contributed by atoms with Crippen LogP contribution in [0.25, 0.3) is 11.3 Å². The van der Waals surface area contributed by atoms with E-state index in [4.69, 9.17) is 16.3 Å². The first-order valence-corrected chi connectivity index (χ1v) is 6.24. The molecule has 94 valence electrons. The van der Waals surface area contributed by atoms with Gasteiger partial charge in [0, 0.05) is 5.56 Å². The summed E-state index contributed by atoms with van der Waals surface area (Å²) >= 11 is 5.96. The lowest BCUT2D eigenvalue weighted by molar-refractivity contribution is 0.340. The molecule has 4 heteroatoms. The van der Waals surface area contributed by atoms with E-state index in [0.717, 1.165) is 28.1 Å². The van der Waals surface area contributed by atoms with Crippen molar-refractivity contribution in [1.29, 1.82) is 0 Å². The summed E-state index contributed by atoms with van der Waals surface area (Å²) in [5.41, 5.74) is 3.84. The summed E-state index contributed by atoms with van der Waals surface area (Å²) in [5, 5.41) is 8.59. The molecule has 0 N–H and O–H groups in total. The fourth-order valence-electron chi connectivity index (χ4n) is 1.75. The van der Waals surface area contributed by atoms with Crippen LogP contribution in [0.4, 0.5) is 0 Å². The van der Waals surface area contributed by atoms with Crippen molar-refractivity contribution in [2.24, 2.45) is 0 Å². The molecule has 2 aromatic rings. The van der Waals surface area contributed by atoms with E-state index in [1.165, 1.54) is 0 Å². The molecule has 1 aromatic carbocycles. The summed E-state index contributed by atoms with van der Waals surface area (Å²) in [6.45, 7) is 6.55. The van der Waals surface area contributed by atoms with Crippen molar-refractivity contribution in [3.8, 4) is 17.0 Å². The van der Waals surface area contributed by atoms with Gasteiger partial charge in [0.1, 0.15) is 5.75 Å². The Labute approximate surface area is 112 Å². The lowest BCUT2D eigenvalue weighted by Gasteiger charge is -2.09. The van der Waals surface area contributed by atoms with Crippen LogP contribution >= 0.6 is 11.6 Å². The van der Waals surface area contributed by atoms with Crippen LogP contribution in [0.1, 0.15) is 18.1 Å². The number of rotatable bonds is 3. The number of hydrogen-bond donors (Lipinski definition) is 0. The number of ether oxygens (including phenoxy) is 1. The van der Waals surface area contributed by atoms with Crippen LogP contribution < -0.4 is 4.74 Å². The third-order valence-corrected chi connectivity index (χ3v) is 3.24. The minimum Gasteiger partial charge on any atom is -0.494 e. The van der Waals surface area contributed by atoms with Crippen molar-refractivity contribution >= 4 is 11.6 Å². The minimum atomic E-state index is 0.456. The summed E-state index contributed by atoms with van der Waals surface area (Å²) in [6, 6.07) is 7.84. The third kappa shape index (κ3) is 2.46. The molecule has 0 fully saturated rings. The van der Waals surface area contributed by atoms with Crippen molar-refractivity contribution in [2.45, 2.75) is 20.8 Å². The molecule has 0 aliphatic carbocycles. The highest BCUT2D eigenvalue weighted by Crippen LogP contribution is 2.28. The molecule has 0 saturated carbocycles. The highest BCUT2D eigenvalue weighted by atomic mass is 35.5. The van der Waals surface area contributed by atoms with E-state index in [2.05, 4.69) is 10.2 Å². The zero-order valence-electron chi connectivity index (χ0n) is 10.7. The Morgan fingerprint density at radius 3 is 2.67 bits per heavy atom. The van der Waals surface area contributed by atoms with Crippen molar-refractivity contribution < 1.29 is 4.74 Å². The Bertz CT molecular complexity index is 570. The Morgan fingerprint density at radius 1 is 1.17 bits per heavy atom. The van der Waals surface area contributed by atoms with Gasteiger partial charge in [-0.25, -0.2) is 0 Å². The first-order valence-electron chi connectivity index (χ1n) is 5.86. The molecular formula is C14H15ClN2O. The molecule has 0 atom stereocenters. The molecule has 0 unspecified atom stereocenters. The molecule has 2 rings (SSSR count). The number of halogens is 1. The maximum Gasteiger partial charge on any atom is 0.154 e. The minimum absolute atomic E-state index is 0.456. The number of hydrogen-bond acceptors (Lipinski definition) is 3. The molecular weight excluding hydrogens is 248 g/mol. The summed E-state index contributed by atoms with van der Waals surface area (Å²) in [6.07, 6.45) is 0. The largest absolute Gasteiger partial charge is 0.494 e. The molecule has 1 aromatic heterocycles. The van der Waals surface area contributed by atoms with Crippen LogP contribution in [0, 0.1) is 13.8 Å². The Hall–Kier alpha value is -1.61. The topological polar surface area (TPSA) is 35.0 Å². The van der Waals surface area contributed by atoms with E-state index in [9.17, 15) is 0 Å². The molecule has 0 aliphatic rings. The van der Waals surface area contributed by atoms with Crippen LogP contribution in [0.5, 0.6) is 5.75 Å². The van der Waals surface area contributed by atoms with Gasteiger partial charge in [-0.2, -0.15) is 0 Å². The van der Waals surface area contributed by atoms with Gasteiger partial charge in [-0.05, 0) is 44.0 Å². The van der Waals surface area contributed by atoms with Crippen LogP contribution in [0.15, 0.2) is 24.3 Å². The fourth-order valence-corrected chi connectivity index (χ4v) is 1.93. The van der Waals surface area contributed by atoms with E-state index >= 15 is 0 Å². The highest BCUT2D eigenvalue weighted by molar-refractivity contribution is 6.30. The van der Waals surface area contributed by atoms with Crippen molar-refractivity contribution in [2.75, 3.05) is 6.61 Å². The average Bonchev–Trinajstić information content (AvgIpc) is 2.37. The van der Waals surface area contributed by atoms with Gasteiger partial charge < -0.3 is 4.74 Å². The molecule has 0 bridgehead atoms. The van der Waals surface area contributed by atoms with Crippen LogP contribution in [0.3, 0.4) is 0 Å². The summed E-state index contributed by atoms with van der Waals surface area (Å²) in [5.74, 6) is 0.837. The van der Waals surface area contributed by atoms with Gasteiger partial charge in [-0.1, -0.05) is 23.7 Å². The van der Waals surface area contributed by atoms with Crippen LogP contribution in [-0.2, 0) is 0 Å². The molecule has 3 nitrogen and oxygen atoms in total. The van der Waals surface area contributed by atoms with Crippen molar-refractivity contribution in [1.82, 2.24) is 10.2 Å². The maximum atomic E-state index is 5.96. The van der Waals surface area contributed by atoms with E-state index in [-0.39, 0.29) is 0 Å². The summed E-state index contributed by atoms with van der Waals surface area (Å²) in [4.78, 5) is 0. The first kappa shape index (κ1) is 12.8. The van der Waals surface area contributed by atoms with Gasteiger partial charge >= 0.3 is 0 Å². The van der Waals surface area contributed by atoms with E-state index in [0.29, 0.717) is 11.8 Å². The molecule has 0 spiro atoms. The lowest BCUT2D eigenvalue weighted by atomic mass is 10.0. The number of aromatic nitrogens is 2. The quantitative estimate of drug-likeness (QED) is 0.844. The third-order valence-electron chi connectivity index (χ3n) is 2.88. The van der Waals surface area contributed by atoms with E-state index < -0.39 is 0 Å². The number of benzene rings is 1. The SMILES string of the molecule is CCOc1cccc(-c2nnc(Cl)c(C)c2C)c1. The second-order valence-corrected chi connectivity index (χ2v) is 4.41. The second-order valence-electron chi connectivity index (χ2n) is 4.05. The molecule has 18 heavy (non-hydrogen) atoms. The molecule has 0 saturated heterocycles. The van der Waals surface area contributed by atoms with Gasteiger partial charge in [0.05, 0.1) is 12.3 Å². The van der Waals surface area contributed by atoms with Gasteiger partial charge in [0.15, 0.2) is 5.15 Å². The van der Waals surface area contributed by atoms with Crippen LogP contribution in [-0.4, -0.2) is 16.8 Å². The van der Waals surface area contributed by atoms with Crippen molar-refractivity contribution in [3.63, 3.8) is 0 Å². The zero-order chi connectivity index (χ0) is 13.1. The predicted molar refractivity (Wildman–Crippen MR) is 73.1 cm³/mol. The maximum absolute atomic E-state index is 5.96. The first-order chi connectivity index (χ1) is 8.63. The Kier molecular flexibility index (Phi) is 3.82. The van der Waals surface area contributed by atoms with Gasteiger partial charge in [-0.15, -0.1) is 10.2 Å². The average molecular weight is 263 g/mol. The standard InChI is InChI=1S/C14H15ClN2O/c1-4-18-12-7-5-6-11(8-12)13-9(2)10(3)14(15)17-16-13/h5-8H,4H2,1-3H3. The van der Waals surface area contributed by atoms with Gasteiger partial charge in [0.2, 0.25) is 0 Å². The molecule has 0 aliphatic heterocycles. The monoisotopic (exact) mass is 262 g/mol. The Morgan fingerprint density at radius 2 is 1.94 bits per heavy atom. The second kappa shape index (κ2) is 5.36. The fraction of sp³-hybridized carbons (Fsp3) is 0.286. The van der Waals surface area contributed by atoms with Gasteiger partial charge in [-0.3, -0.25) is 0 Å². The predicted octanol–water partition coefficient (Wildman–Crippen LogP) is 3.81. The number of nitrogens with zero attached hydrogens (tertiary/aromatic N) is 2. The summed E-state index contributed by atoms with van der Waals surface area (Å²) in [7, 11) is 0. The molecule has 1 heterocycles. The van der Waals surface area contributed by atoms with Crippen LogP contribution in [0.2, 0.25) is 5.15 Å². The summed E-state index contributed by atoms with van der Waals surface area (Å²) < 4.78 is 5.49. The Balaban J connectivity index is 2.48. The lowest BCUT2D eigenvalue weighted by Crippen LogP contribution is -1.97. The van der Waals surface area contributed by atoms with E-state index in [1.54, 1.807) is 0 Å². The van der Waals surface area contributed by atoms with Crippen molar-refractivity contribution in [3.05, 3.63) is 40.5 Å². The normalized spacial score (nSPS) is 10.4. The molecule has 0 amide bonds. The molecule has 0 radical (unpaired) electrons. The van der Waals surface area contributed by atoms with Gasteiger partial charge in [0.25, 0.3) is 0 Å². The highest BCUT2D eigenvalue weighted by Gasteiger charge is 2.10. The zero-order valence-corrected chi connectivity index (χ0v) is 11.5.